The minimum atomic E-state index is -2.16. The Labute approximate surface area is 222 Å². The van der Waals surface area contributed by atoms with Crippen LogP contribution in [0.1, 0.15) is 92.9 Å². The van der Waals surface area contributed by atoms with Gasteiger partial charge in [0.15, 0.2) is 6.23 Å². The summed E-state index contributed by atoms with van der Waals surface area (Å²) < 4.78 is 17.0. The second-order valence-corrected chi connectivity index (χ2v) is 11.6. The van der Waals surface area contributed by atoms with Gasteiger partial charge in [0.05, 0.1) is 18.3 Å². The molecule has 2 rings (SSSR count). The maximum absolute atomic E-state index is 13.3. The minimum Gasteiger partial charge on any atom is -0.461 e. The summed E-state index contributed by atoms with van der Waals surface area (Å²) in [6.07, 6.45) is 2.82. The number of esters is 1. The van der Waals surface area contributed by atoms with Crippen LogP contribution in [-0.2, 0) is 23.8 Å². The molecule has 1 saturated carbocycles. The fraction of sp³-hybridized carbons (Fsp3) is 0.929. The zero-order chi connectivity index (χ0) is 27.9. The first-order valence-electron chi connectivity index (χ1n) is 14.1. The lowest BCUT2D eigenvalue weighted by Gasteiger charge is -2.41. The molecule has 0 spiro atoms. The number of Topliss-reactive ketones (excluding diaryl/α,β-unsaturated/α-hetero) is 1. The number of aliphatic hydroxyl groups excluding tert-OH is 2. The maximum Gasteiger partial charge on any atom is 0.323 e. The van der Waals surface area contributed by atoms with Crippen molar-refractivity contribution in [2.24, 2.45) is 17.8 Å². The standard InChI is InChI=1S/C28H51NO8/c1-8-19(5)37-28(34,17(2)3)25(31)26(32)29-14-10-9-11-22(29)27(33)36-20(6)18(4)15-21-12-13-23(30)24(16-21)35-7/h17-24,26,30,32,34H,8-16H2,1-7H3/t18-,19?,20+,21+,22+,23-,24-,26?,28-/m1/s1. The van der Waals surface area contributed by atoms with Crippen LogP contribution in [0.4, 0.5) is 0 Å². The van der Waals surface area contributed by atoms with E-state index in [1.54, 1.807) is 27.9 Å². The van der Waals surface area contributed by atoms with E-state index in [-0.39, 0.29) is 24.2 Å². The molecule has 9 heteroatoms. The third kappa shape index (κ3) is 8.19. The number of ether oxygens (including phenoxy) is 3. The van der Waals surface area contributed by atoms with E-state index in [0.29, 0.717) is 31.7 Å². The van der Waals surface area contributed by atoms with Gasteiger partial charge >= 0.3 is 5.97 Å². The van der Waals surface area contributed by atoms with Crippen molar-refractivity contribution in [2.75, 3.05) is 13.7 Å². The SMILES string of the molecule is CCC(C)O[C@@](O)(C(=O)C(O)N1CCCC[C@H]1C(=O)O[C@@H](C)[C@H](C)C[C@@H]1CC[C@@H](O)[C@H](OC)C1)C(C)C. The number of carbonyl (C=O) groups is 2. The smallest absolute Gasteiger partial charge is 0.323 e. The monoisotopic (exact) mass is 529 g/mol. The molecule has 1 aliphatic heterocycles. The molecule has 2 aliphatic rings. The molecule has 2 fully saturated rings. The summed E-state index contributed by atoms with van der Waals surface area (Å²) >= 11 is 0. The number of hydrogen-bond acceptors (Lipinski definition) is 9. The second-order valence-electron chi connectivity index (χ2n) is 11.6. The van der Waals surface area contributed by atoms with E-state index in [2.05, 4.69) is 6.92 Å². The van der Waals surface area contributed by atoms with E-state index < -0.39 is 41.8 Å². The Morgan fingerprint density at radius 1 is 1.08 bits per heavy atom. The summed E-state index contributed by atoms with van der Waals surface area (Å²) in [5, 5.41) is 32.2. The van der Waals surface area contributed by atoms with Crippen LogP contribution in [0.15, 0.2) is 0 Å². The van der Waals surface area contributed by atoms with Crippen molar-refractivity contribution in [1.82, 2.24) is 4.90 Å². The molecule has 2 unspecified atom stereocenters. The Morgan fingerprint density at radius 2 is 1.76 bits per heavy atom. The van der Waals surface area contributed by atoms with Gasteiger partial charge in [-0.3, -0.25) is 14.5 Å². The summed E-state index contributed by atoms with van der Waals surface area (Å²) in [6, 6.07) is -0.773. The predicted molar refractivity (Wildman–Crippen MR) is 139 cm³/mol. The second kappa shape index (κ2) is 14.3. The molecule has 9 atom stereocenters. The zero-order valence-corrected chi connectivity index (χ0v) is 23.9. The van der Waals surface area contributed by atoms with Crippen molar-refractivity contribution in [1.29, 1.82) is 0 Å². The number of likely N-dealkylation sites (tertiary alicyclic amines) is 1. The molecule has 0 bridgehead atoms. The Hall–Kier alpha value is -1.10. The fourth-order valence-corrected chi connectivity index (χ4v) is 5.46. The van der Waals surface area contributed by atoms with E-state index in [4.69, 9.17) is 14.2 Å². The molecular formula is C28H51NO8. The molecule has 0 amide bonds. The van der Waals surface area contributed by atoms with Gasteiger partial charge in [-0.25, -0.2) is 0 Å². The topological polar surface area (TPSA) is 126 Å². The highest BCUT2D eigenvalue weighted by Gasteiger charge is 2.49. The van der Waals surface area contributed by atoms with E-state index in [1.807, 2.05) is 13.8 Å². The van der Waals surface area contributed by atoms with Gasteiger partial charge in [0.25, 0.3) is 0 Å². The summed E-state index contributed by atoms with van der Waals surface area (Å²) in [4.78, 5) is 28.0. The van der Waals surface area contributed by atoms with Crippen LogP contribution in [0.2, 0.25) is 0 Å². The molecule has 0 aromatic carbocycles. The lowest BCUT2D eigenvalue weighted by Crippen LogP contribution is -2.61. The van der Waals surface area contributed by atoms with Crippen molar-refractivity contribution in [3.63, 3.8) is 0 Å². The Balaban J connectivity index is 2.04. The van der Waals surface area contributed by atoms with Crippen LogP contribution in [-0.4, -0.2) is 88.1 Å². The van der Waals surface area contributed by atoms with Crippen LogP contribution >= 0.6 is 0 Å². The first-order chi connectivity index (χ1) is 17.3. The molecular weight excluding hydrogens is 478 g/mol. The Morgan fingerprint density at radius 3 is 2.35 bits per heavy atom. The van der Waals surface area contributed by atoms with Crippen molar-refractivity contribution >= 4 is 11.8 Å². The summed E-state index contributed by atoms with van der Waals surface area (Å²) in [5.41, 5.74) is 0. The van der Waals surface area contributed by atoms with Gasteiger partial charge in [0, 0.05) is 19.6 Å². The van der Waals surface area contributed by atoms with E-state index in [1.165, 1.54) is 4.90 Å². The van der Waals surface area contributed by atoms with Gasteiger partial charge in [-0.15, -0.1) is 0 Å². The third-order valence-electron chi connectivity index (χ3n) is 8.43. The molecule has 3 N–H and O–H groups in total. The van der Waals surface area contributed by atoms with E-state index in [0.717, 1.165) is 32.1 Å². The molecule has 0 aromatic rings. The number of methoxy groups -OCH3 is 1. The van der Waals surface area contributed by atoms with Crippen molar-refractivity contribution in [3.8, 4) is 0 Å². The first-order valence-corrected chi connectivity index (χ1v) is 14.1. The van der Waals surface area contributed by atoms with Crippen LogP contribution in [0.25, 0.3) is 0 Å². The lowest BCUT2D eigenvalue weighted by atomic mass is 9.79. The molecule has 37 heavy (non-hydrogen) atoms. The van der Waals surface area contributed by atoms with Gasteiger partial charge in [-0.1, -0.05) is 34.1 Å². The average molecular weight is 530 g/mol. The number of rotatable bonds is 13. The zero-order valence-electron chi connectivity index (χ0n) is 23.9. The molecule has 1 aliphatic carbocycles. The number of aliphatic hydroxyl groups is 3. The number of hydrogen-bond donors (Lipinski definition) is 3. The average Bonchev–Trinajstić information content (AvgIpc) is 2.88. The van der Waals surface area contributed by atoms with Crippen LogP contribution in [0.5, 0.6) is 0 Å². The largest absolute Gasteiger partial charge is 0.461 e. The predicted octanol–water partition coefficient (Wildman–Crippen LogP) is 3.02. The first kappa shape index (κ1) is 32.1. The van der Waals surface area contributed by atoms with Gasteiger partial charge < -0.3 is 29.5 Å². The van der Waals surface area contributed by atoms with Gasteiger partial charge in [-0.05, 0) is 70.6 Å². The number of ketones is 1. The normalized spacial score (nSPS) is 30.2. The van der Waals surface area contributed by atoms with Crippen molar-refractivity contribution < 1.29 is 39.1 Å². The van der Waals surface area contributed by atoms with E-state index >= 15 is 0 Å². The minimum absolute atomic E-state index is 0.0975. The highest BCUT2D eigenvalue weighted by molar-refractivity contribution is 5.90. The molecule has 0 aromatic heterocycles. The summed E-state index contributed by atoms with van der Waals surface area (Å²) in [6.45, 7) is 11.3. The lowest BCUT2D eigenvalue weighted by molar-refractivity contribution is -0.251. The Bertz CT molecular complexity index is 733. The maximum atomic E-state index is 13.3. The fourth-order valence-electron chi connectivity index (χ4n) is 5.46. The Kier molecular flexibility index (Phi) is 12.4. The van der Waals surface area contributed by atoms with Gasteiger partial charge in [0.1, 0.15) is 12.1 Å². The number of carbonyl (C=O) groups excluding carboxylic acids is 2. The summed E-state index contributed by atoms with van der Waals surface area (Å²) in [5.74, 6) is -3.57. The molecule has 9 nitrogen and oxygen atoms in total. The number of nitrogens with zero attached hydrogens (tertiary/aromatic N) is 1. The quantitative estimate of drug-likeness (QED) is 0.244. The van der Waals surface area contributed by atoms with Gasteiger partial charge in [-0.2, -0.15) is 0 Å². The van der Waals surface area contributed by atoms with Gasteiger partial charge in [0.2, 0.25) is 11.6 Å². The van der Waals surface area contributed by atoms with Crippen molar-refractivity contribution in [2.45, 2.75) is 135 Å². The van der Waals surface area contributed by atoms with Crippen LogP contribution < -0.4 is 0 Å². The molecule has 216 valence electrons. The highest BCUT2D eigenvalue weighted by Crippen LogP contribution is 2.33. The molecule has 1 saturated heterocycles. The number of piperidine rings is 1. The summed E-state index contributed by atoms with van der Waals surface area (Å²) in [7, 11) is 1.62. The van der Waals surface area contributed by atoms with Crippen molar-refractivity contribution in [3.05, 3.63) is 0 Å². The van der Waals surface area contributed by atoms with Crippen LogP contribution in [0, 0.1) is 17.8 Å². The van der Waals surface area contributed by atoms with E-state index in [9.17, 15) is 24.9 Å². The molecule has 1 heterocycles. The third-order valence-corrected chi connectivity index (χ3v) is 8.43. The molecule has 0 radical (unpaired) electrons. The van der Waals surface area contributed by atoms with Crippen LogP contribution in [0.3, 0.4) is 0 Å². The highest BCUT2D eigenvalue weighted by atomic mass is 16.6.